The molecule has 4 nitrogen and oxygen atoms in total. The lowest BCUT2D eigenvalue weighted by Gasteiger charge is -2.12. The van der Waals surface area contributed by atoms with Gasteiger partial charge >= 0.3 is 24.3 Å². The van der Waals surface area contributed by atoms with Crippen LogP contribution in [0.5, 0.6) is 0 Å². The second-order valence-corrected chi connectivity index (χ2v) is 3.15. The normalized spacial score (nSPS) is 14.1. The molecule has 0 aromatic heterocycles. The van der Waals surface area contributed by atoms with Crippen molar-refractivity contribution in [1.82, 2.24) is 0 Å². The Hall–Kier alpha value is -1.74. The first-order valence-electron chi connectivity index (χ1n) is 4.15. The molecular weight excluding hydrogens is 274 g/mol. The summed E-state index contributed by atoms with van der Waals surface area (Å²) in [6.45, 7) is 0. The number of hydrogen-bond donors (Lipinski definition) is 2. The Morgan fingerprint density at radius 1 is 0.722 bits per heavy atom. The molecule has 18 heavy (non-hydrogen) atoms. The highest BCUT2D eigenvalue weighted by atomic mass is 19.4. The fourth-order valence-corrected chi connectivity index (χ4v) is 1.02. The third kappa shape index (κ3) is 6.11. The summed E-state index contributed by atoms with van der Waals surface area (Å²) in [5.41, 5.74) is -3.65. The first-order chi connectivity index (χ1) is 7.83. The molecule has 0 spiro atoms. The molecule has 0 rings (SSSR count). The number of rotatable bonds is 4. The Labute approximate surface area is 95.5 Å². The summed E-state index contributed by atoms with van der Waals surface area (Å²) in [6.07, 6.45) is -14.7. The van der Waals surface area contributed by atoms with Gasteiger partial charge in [-0.3, -0.25) is 0 Å². The molecule has 0 aliphatic heterocycles. The van der Waals surface area contributed by atoms with Crippen molar-refractivity contribution in [1.29, 1.82) is 0 Å². The zero-order valence-electron chi connectivity index (χ0n) is 8.39. The lowest BCUT2D eigenvalue weighted by Crippen LogP contribution is -2.22. The first kappa shape index (κ1) is 16.3. The summed E-state index contributed by atoms with van der Waals surface area (Å²) in [5.74, 6) is -4.71. The van der Waals surface area contributed by atoms with E-state index in [1.165, 1.54) is 0 Å². The van der Waals surface area contributed by atoms with Crippen molar-refractivity contribution in [2.24, 2.45) is 0 Å². The van der Waals surface area contributed by atoms with Crippen LogP contribution < -0.4 is 0 Å². The molecular formula is C8H6F6O4. The monoisotopic (exact) mass is 280 g/mol. The maximum Gasteiger partial charge on any atom is 0.393 e. The Balaban J connectivity index is 5.60. The highest BCUT2D eigenvalue weighted by Crippen LogP contribution is 2.31. The van der Waals surface area contributed by atoms with Crippen LogP contribution >= 0.6 is 0 Å². The molecule has 2 N–H and O–H groups in total. The topological polar surface area (TPSA) is 74.6 Å². The molecule has 10 heteroatoms. The minimum atomic E-state index is -5.12. The zero-order valence-corrected chi connectivity index (χ0v) is 8.39. The number of carboxylic acids is 2. The van der Waals surface area contributed by atoms with E-state index in [4.69, 9.17) is 10.2 Å². The molecule has 0 bridgehead atoms. The van der Waals surface area contributed by atoms with Gasteiger partial charge in [-0.15, -0.1) is 0 Å². The fraction of sp³-hybridized carbons (Fsp3) is 0.500. The molecule has 0 unspecified atom stereocenters. The Morgan fingerprint density at radius 2 is 0.944 bits per heavy atom. The first-order valence-corrected chi connectivity index (χ1v) is 4.15. The van der Waals surface area contributed by atoms with Crippen molar-refractivity contribution >= 4 is 11.9 Å². The van der Waals surface area contributed by atoms with E-state index in [-0.39, 0.29) is 0 Å². The van der Waals surface area contributed by atoms with Crippen molar-refractivity contribution < 1.29 is 46.1 Å². The molecule has 0 aromatic rings. The van der Waals surface area contributed by atoms with E-state index in [2.05, 4.69) is 0 Å². The van der Waals surface area contributed by atoms with Crippen molar-refractivity contribution in [2.45, 2.75) is 25.2 Å². The number of aliphatic carboxylic acids is 2. The maximum atomic E-state index is 12.0. The van der Waals surface area contributed by atoms with Crippen LogP contribution in [-0.4, -0.2) is 34.5 Å². The molecule has 0 aromatic carbocycles. The largest absolute Gasteiger partial charge is 0.478 e. The van der Waals surface area contributed by atoms with Crippen molar-refractivity contribution in [3.8, 4) is 0 Å². The van der Waals surface area contributed by atoms with Crippen LogP contribution in [0.2, 0.25) is 0 Å². The summed E-state index contributed by atoms with van der Waals surface area (Å²) < 4.78 is 71.7. The Kier molecular flexibility index (Phi) is 4.76. The van der Waals surface area contributed by atoms with E-state index < -0.39 is 48.3 Å². The van der Waals surface area contributed by atoms with E-state index in [9.17, 15) is 35.9 Å². The molecule has 104 valence electrons. The van der Waals surface area contributed by atoms with Crippen molar-refractivity contribution in [3.05, 3.63) is 11.1 Å². The molecule has 0 saturated carbocycles. The van der Waals surface area contributed by atoms with Crippen LogP contribution in [0.25, 0.3) is 0 Å². The van der Waals surface area contributed by atoms with Gasteiger partial charge < -0.3 is 10.2 Å². The van der Waals surface area contributed by atoms with Crippen LogP contribution in [0.15, 0.2) is 11.1 Å². The van der Waals surface area contributed by atoms with Crippen LogP contribution in [0.4, 0.5) is 26.3 Å². The van der Waals surface area contributed by atoms with Gasteiger partial charge in [-0.25, -0.2) is 9.59 Å². The van der Waals surface area contributed by atoms with Gasteiger partial charge in [-0.05, 0) is 0 Å². The Bertz CT molecular complexity index is 342. The zero-order chi connectivity index (χ0) is 14.7. The number of hydrogen-bond acceptors (Lipinski definition) is 2. The number of halogens is 6. The van der Waals surface area contributed by atoms with Crippen LogP contribution in [-0.2, 0) is 9.59 Å². The lowest BCUT2D eigenvalue weighted by molar-refractivity contribution is -0.148. The van der Waals surface area contributed by atoms with Gasteiger partial charge in [0, 0.05) is 0 Å². The highest BCUT2D eigenvalue weighted by molar-refractivity contribution is 5.98. The van der Waals surface area contributed by atoms with E-state index in [1.54, 1.807) is 0 Å². The average Bonchev–Trinajstić information content (AvgIpc) is 2.06. The predicted molar refractivity (Wildman–Crippen MR) is 43.6 cm³/mol. The van der Waals surface area contributed by atoms with Gasteiger partial charge in [0.15, 0.2) is 0 Å². The number of carboxylic acid groups (broad SMARTS) is 2. The van der Waals surface area contributed by atoms with Gasteiger partial charge in [0.1, 0.15) is 0 Å². The van der Waals surface area contributed by atoms with Crippen molar-refractivity contribution in [3.63, 3.8) is 0 Å². The third-order valence-corrected chi connectivity index (χ3v) is 1.64. The van der Waals surface area contributed by atoms with E-state index in [1.807, 2.05) is 0 Å². The fourth-order valence-electron chi connectivity index (χ4n) is 1.02. The van der Waals surface area contributed by atoms with Gasteiger partial charge in [0.2, 0.25) is 0 Å². The Morgan fingerprint density at radius 3 is 1.06 bits per heavy atom. The summed E-state index contributed by atoms with van der Waals surface area (Å²) in [5, 5.41) is 16.7. The second-order valence-electron chi connectivity index (χ2n) is 3.15. The minimum Gasteiger partial charge on any atom is -0.478 e. The van der Waals surface area contributed by atoms with E-state index in [0.717, 1.165) is 0 Å². The van der Waals surface area contributed by atoms with Crippen LogP contribution in [0.3, 0.4) is 0 Å². The standard InChI is InChI=1S/C8H6F6O4/c9-7(10,11)1-3(5(15)16)4(6(17)18)2-8(12,13)14/h1-2H2,(H,15,16)(H,17,18)/b4-3-. The molecule has 0 fully saturated rings. The lowest BCUT2D eigenvalue weighted by atomic mass is 10.0. The highest BCUT2D eigenvalue weighted by Gasteiger charge is 2.39. The van der Waals surface area contributed by atoms with Gasteiger partial charge in [-0.2, -0.15) is 26.3 Å². The minimum absolute atomic E-state index is 1.83. The summed E-state index contributed by atoms with van der Waals surface area (Å²) in [4.78, 5) is 20.8. The van der Waals surface area contributed by atoms with E-state index >= 15 is 0 Å². The summed E-state index contributed by atoms with van der Waals surface area (Å²) in [6, 6.07) is 0. The second kappa shape index (κ2) is 5.27. The quantitative estimate of drug-likeness (QED) is 0.612. The molecule has 0 saturated heterocycles. The van der Waals surface area contributed by atoms with Crippen LogP contribution in [0, 0.1) is 0 Å². The van der Waals surface area contributed by atoms with Gasteiger partial charge in [0.05, 0.1) is 24.0 Å². The van der Waals surface area contributed by atoms with Gasteiger partial charge in [-0.1, -0.05) is 0 Å². The molecule has 0 atom stereocenters. The average molecular weight is 280 g/mol. The smallest absolute Gasteiger partial charge is 0.393 e. The van der Waals surface area contributed by atoms with Crippen molar-refractivity contribution in [2.75, 3.05) is 0 Å². The SMILES string of the molecule is O=C(O)/C(CC(F)(F)F)=C(/CC(F)(F)F)C(=O)O. The summed E-state index contributed by atoms with van der Waals surface area (Å²) >= 11 is 0. The van der Waals surface area contributed by atoms with E-state index in [0.29, 0.717) is 0 Å². The maximum absolute atomic E-state index is 12.0. The number of alkyl halides is 6. The predicted octanol–water partition coefficient (Wildman–Crippen LogP) is 2.36. The van der Waals surface area contributed by atoms with Crippen LogP contribution in [0.1, 0.15) is 12.8 Å². The molecule has 0 aliphatic rings. The third-order valence-electron chi connectivity index (χ3n) is 1.64. The summed E-state index contributed by atoms with van der Waals surface area (Å²) in [7, 11) is 0. The van der Waals surface area contributed by atoms with Gasteiger partial charge in [0.25, 0.3) is 0 Å². The molecule has 0 amide bonds. The molecule has 0 aliphatic carbocycles. The molecule has 0 radical (unpaired) electrons. The molecule has 0 heterocycles. The number of carbonyl (C=O) groups is 2.